The van der Waals surface area contributed by atoms with E-state index in [9.17, 15) is 5.11 Å². The molecule has 0 fully saturated rings. The molecule has 0 spiro atoms. The molecule has 47 heavy (non-hydrogen) atoms. The second-order valence-electron chi connectivity index (χ2n) is 16.0. The Balaban J connectivity index is 0.00000433. The summed E-state index contributed by atoms with van der Waals surface area (Å²) in [6.07, 6.45) is 1.90. The van der Waals surface area contributed by atoms with Crippen LogP contribution in [0.15, 0.2) is 66.9 Å². The molecule has 2 heterocycles. The van der Waals surface area contributed by atoms with Crippen LogP contribution in [0.3, 0.4) is 0 Å². The van der Waals surface area contributed by atoms with Gasteiger partial charge in [-0.1, -0.05) is 105 Å². The molecule has 0 atom stereocenters. The van der Waals surface area contributed by atoms with Crippen molar-refractivity contribution in [3.05, 3.63) is 101 Å². The molecule has 5 heteroatoms. The molecule has 0 radical (unpaired) electrons. The quantitative estimate of drug-likeness (QED) is 0.175. The zero-order valence-corrected chi connectivity index (χ0v) is 31.8. The van der Waals surface area contributed by atoms with E-state index < -0.39 is 0 Å². The third kappa shape index (κ3) is 6.68. The fourth-order valence-electron chi connectivity index (χ4n) is 6.11. The van der Waals surface area contributed by atoms with E-state index in [0.717, 1.165) is 49.9 Å². The molecule has 2 N–H and O–H groups in total. The predicted octanol–water partition coefficient (Wildman–Crippen LogP) is 11.1. The number of nitrogens with one attached hydrogen (secondary N) is 1. The van der Waals surface area contributed by atoms with Crippen molar-refractivity contribution in [2.45, 2.75) is 92.4 Å². The minimum atomic E-state index is -0.0894. The fourth-order valence-corrected chi connectivity index (χ4v) is 6.11. The van der Waals surface area contributed by atoms with E-state index in [1.807, 2.05) is 12.3 Å². The van der Waals surface area contributed by atoms with E-state index in [1.54, 1.807) is 6.07 Å². The Morgan fingerprint density at radius 2 is 1.19 bits per heavy atom. The molecule has 0 aliphatic rings. The van der Waals surface area contributed by atoms with Crippen LogP contribution in [0.25, 0.3) is 55.6 Å². The number of H-pyrrole nitrogens is 1. The van der Waals surface area contributed by atoms with Crippen LogP contribution < -0.4 is 0 Å². The van der Waals surface area contributed by atoms with Gasteiger partial charge in [0.15, 0.2) is 0 Å². The van der Waals surface area contributed by atoms with Crippen molar-refractivity contribution in [1.29, 1.82) is 0 Å². The van der Waals surface area contributed by atoms with Gasteiger partial charge < -0.3 is 10.1 Å². The summed E-state index contributed by atoms with van der Waals surface area (Å²) in [5.41, 5.74) is 13.4. The van der Waals surface area contributed by atoms with Crippen LogP contribution in [-0.2, 0) is 37.3 Å². The second-order valence-corrected chi connectivity index (χ2v) is 16.0. The van der Waals surface area contributed by atoms with Crippen LogP contribution in [0.2, 0.25) is 0 Å². The van der Waals surface area contributed by atoms with Gasteiger partial charge in [0.2, 0.25) is 0 Å². The minimum Gasteiger partial charge on any atom is -0.507 e. The number of aromatic nitrogens is 3. The van der Waals surface area contributed by atoms with Crippen LogP contribution in [0, 0.1) is 19.9 Å². The average molecular weight is 804 g/mol. The number of rotatable bonds is 3. The normalized spacial score (nSPS) is 12.5. The molecular weight excluding hydrogens is 758 g/mol. The van der Waals surface area contributed by atoms with Gasteiger partial charge >= 0.3 is 0 Å². The van der Waals surface area contributed by atoms with Crippen LogP contribution in [0.4, 0.5) is 0 Å². The number of hydrogen-bond donors (Lipinski definition) is 2. The van der Waals surface area contributed by atoms with Crippen molar-refractivity contribution in [2.24, 2.45) is 0 Å². The van der Waals surface area contributed by atoms with Gasteiger partial charge in [0, 0.05) is 32.8 Å². The average Bonchev–Trinajstić information content (AvgIpc) is 3.39. The number of aryl methyl sites for hydroxylation is 2. The van der Waals surface area contributed by atoms with Gasteiger partial charge in [-0.3, -0.25) is 4.98 Å². The molecule has 4 aromatic carbocycles. The summed E-state index contributed by atoms with van der Waals surface area (Å²) >= 11 is 0. The van der Waals surface area contributed by atoms with Gasteiger partial charge in [-0.2, -0.15) is 0 Å². The molecule has 0 saturated carbocycles. The molecule has 0 unspecified atom stereocenters. The molecule has 0 aliphatic carbocycles. The minimum absolute atomic E-state index is 0. The summed E-state index contributed by atoms with van der Waals surface area (Å²) in [6, 6.07) is 25.2. The fraction of sp³-hybridized carbons (Fsp3) is 0.333. The van der Waals surface area contributed by atoms with Gasteiger partial charge in [0.05, 0.1) is 16.6 Å². The van der Waals surface area contributed by atoms with Crippen LogP contribution in [0.5, 0.6) is 5.75 Å². The molecule has 0 aliphatic heterocycles. The maximum absolute atomic E-state index is 11.0. The smallest absolute Gasteiger partial charge is 0.141 e. The molecule has 0 bridgehead atoms. The van der Waals surface area contributed by atoms with E-state index in [0.29, 0.717) is 11.4 Å². The topological polar surface area (TPSA) is 61.8 Å². The Labute approximate surface area is 294 Å². The third-order valence-corrected chi connectivity index (χ3v) is 9.09. The van der Waals surface area contributed by atoms with Crippen molar-refractivity contribution >= 4 is 21.9 Å². The summed E-state index contributed by atoms with van der Waals surface area (Å²) in [5.74, 6) is 0.866. The number of phenolic OH excluding ortho intramolecular Hbond substituents is 1. The molecular formula is C42H46N3OPt-. The zero-order valence-electron chi connectivity index (χ0n) is 29.5. The van der Waals surface area contributed by atoms with Crippen molar-refractivity contribution in [3.8, 4) is 39.4 Å². The Kier molecular flexibility index (Phi) is 8.86. The maximum atomic E-state index is 11.0. The first kappa shape index (κ1) is 34.6. The number of pyridine rings is 1. The van der Waals surface area contributed by atoms with Crippen LogP contribution in [-0.4, -0.2) is 20.1 Å². The Morgan fingerprint density at radius 1 is 0.638 bits per heavy atom. The SMILES string of the molecule is Cc1cc(-c2cc(C(C)(C)C)cc3[nH]c(-c4cc(C(C)(C)C)ccc4O)nc23)[c-]c(-c2cc(C(C)(C)C)cc3c(C)ccnc23)c1.[Pt]. The molecule has 0 saturated heterocycles. The van der Waals surface area contributed by atoms with E-state index in [-0.39, 0.29) is 43.1 Å². The first-order chi connectivity index (χ1) is 21.4. The summed E-state index contributed by atoms with van der Waals surface area (Å²) in [4.78, 5) is 13.6. The molecule has 2 aromatic heterocycles. The molecule has 6 rings (SSSR count). The van der Waals surface area contributed by atoms with Gasteiger partial charge in [-0.25, -0.2) is 4.98 Å². The zero-order chi connectivity index (χ0) is 33.3. The maximum Gasteiger partial charge on any atom is 0.141 e. The number of nitrogens with zero attached hydrogens (tertiary/aromatic N) is 2. The second kappa shape index (κ2) is 12.0. The number of benzene rings is 4. The van der Waals surface area contributed by atoms with Gasteiger partial charge in [0.25, 0.3) is 0 Å². The standard InChI is InChI=1S/C42H46N3O.Pt/c1-24-16-26(32-21-29(41(6,7)8)20-31-25(2)14-15-43-37(31)32)18-27(17-24)33-22-30(42(9,10)11)23-35-38(33)45-39(44-35)34-19-28(40(3,4)5)12-13-36(34)46;/h12-17,19-23,46H,1-11H3,(H,44,45);/q-1;. The van der Waals surface area contributed by atoms with E-state index in [2.05, 4.69) is 136 Å². The number of aromatic hydroxyl groups is 1. The molecule has 246 valence electrons. The number of phenols is 1. The largest absolute Gasteiger partial charge is 0.507 e. The number of aromatic amines is 1. The van der Waals surface area contributed by atoms with Crippen molar-refractivity contribution in [2.75, 3.05) is 0 Å². The number of hydrogen-bond acceptors (Lipinski definition) is 3. The molecule has 6 aromatic rings. The Hall–Kier alpha value is -3.75. The van der Waals surface area contributed by atoms with Crippen LogP contribution >= 0.6 is 0 Å². The summed E-state index contributed by atoms with van der Waals surface area (Å²) in [5, 5.41) is 12.1. The first-order valence-corrected chi connectivity index (χ1v) is 16.2. The predicted molar refractivity (Wildman–Crippen MR) is 194 cm³/mol. The third-order valence-electron chi connectivity index (χ3n) is 9.09. The molecule has 0 amide bonds. The van der Waals surface area contributed by atoms with E-state index >= 15 is 0 Å². The monoisotopic (exact) mass is 803 g/mol. The summed E-state index contributed by atoms with van der Waals surface area (Å²) < 4.78 is 0. The van der Waals surface area contributed by atoms with E-state index in [4.69, 9.17) is 9.97 Å². The van der Waals surface area contributed by atoms with Crippen molar-refractivity contribution < 1.29 is 26.2 Å². The Bertz CT molecular complexity index is 2140. The van der Waals surface area contributed by atoms with Gasteiger partial charge in [-0.05, 0) is 75.1 Å². The van der Waals surface area contributed by atoms with E-state index in [1.165, 1.54) is 22.1 Å². The summed E-state index contributed by atoms with van der Waals surface area (Å²) in [6.45, 7) is 24.3. The summed E-state index contributed by atoms with van der Waals surface area (Å²) in [7, 11) is 0. The van der Waals surface area contributed by atoms with Crippen LogP contribution in [0.1, 0.15) is 90.1 Å². The van der Waals surface area contributed by atoms with Crippen molar-refractivity contribution in [1.82, 2.24) is 15.0 Å². The first-order valence-electron chi connectivity index (χ1n) is 16.2. The van der Waals surface area contributed by atoms with Gasteiger partial charge in [0.1, 0.15) is 11.6 Å². The number of imidazole rings is 1. The Morgan fingerprint density at radius 3 is 1.79 bits per heavy atom. The van der Waals surface area contributed by atoms with Crippen molar-refractivity contribution in [3.63, 3.8) is 0 Å². The number of fused-ring (bicyclic) bond motifs is 2. The molecule has 4 nitrogen and oxygen atoms in total. The van der Waals surface area contributed by atoms with Gasteiger partial charge in [-0.15, -0.1) is 34.9 Å².